The predicted molar refractivity (Wildman–Crippen MR) is 75.2 cm³/mol. The van der Waals surface area contributed by atoms with Gasteiger partial charge in [0.2, 0.25) is 0 Å². The smallest absolute Gasteiger partial charge is 0.178 e. The van der Waals surface area contributed by atoms with Crippen LogP contribution in [0.4, 0.5) is 0 Å². The first-order valence-corrected chi connectivity index (χ1v) is 7.73. The van der Waals surface area contributed by atoms with Crippen molar-refractivity contribution in [3.63, 3.8) is 0 Å². The summed E-state index contributed by atoms with van der Waals surface area (Å²) < 4.78 is 25.5. The molecule has 0 amide bonds. The van der Waals surface area contributed by atoms with Crippen LogP contribution in [-0.4, -0.2) is 24.2 Å². The summed E-state index contributed by atoms with van der Waals surface area (Å²) >= 11 is 10.9. The number of hydrogen-bond acceptors (Lipinski definition) is 3. The Labute approximate surface area is 115 Å². The Balaban J connectivity index is 2.83. The van der Waals surface area contributed by atoms with Gasteiger partial charge in [0.15, 0.2) is 14.6 Å². The van der Waals surface area contributed by atoms with Gasteiger partial charge in [0.1, 0.15) is 0 Å². The molecule has 0 saturated heterocycles. The van der Waals surface area contributed by atoms with Crippen LogP contribution in [-0.2, 0) is 16.4 Å². The molecule has 0 fully saturated rings. The lowest BCUT2D eigenvalue weighted by atomic mass is 10.3. The summed E-state index contributed by atoms with van der Waals surface area (Å²) in [6.45, 7) is 3.96. The van der Waals surface area contributed by atoms with Crippen LogP contribution in [0, 0.1) is 4.77 Å². The van der Waals surface area contributed by atoms with Crippen molar-refractivity contribution >= 4 is 44.7 Å². The van der Waals surface area contributed by atoms with E-state index in [2.05, 4.69) is 11.6 Å². The first-order chi connectivity index (χ1) is 8.30. The van der Waals surface area contributed by atoms with Crippen molar-refractivity contribution < 1.29 is 8.42 Å². The molecule has 7 heteroatoms. The minimum absolute atomic E-state index is 0.227. The molecule has 0 spiro atoms. The van der Waals surface area contributed by atoms with Gasteiger partial charge in [-0.1, -0.05) is 24.2 Å². The average Bonchev–Trinajstić information content (AvgIpc) is 2.53. The van der Waals surface area contributed by atoms with E-state index in [0.29, 0.717) is 27.4 Å². The summed E-state index contributed by atoms with van der Waals surface area (Å²) in [5, 5.41) is 0.428. The molecule has 4 nitrogen and oxygen atoms in total. The number of sulfone groups is 1. The lowest BCUT2D eigenvalue weighted by molar-refractivity contribution is 0.602. The van der Waals surface area contributed by atoms with Gasteiger partial charge in [-0.25, -0.2) is 8.42 Å². The van der Waals surface area contributed by atoms with E-state index >= 15 is 0 Å². The number of imidazole rings is 1. The van der Waals surface area contributed by atoms with Gasteiger partial charge < -0.3 is 9.55 Å². The molecule has 1 aromatic heterocycles. The van der Waals surface area contributed by atoms with Crippen molar-refractivity contribution in [1.29, 1.82) is 0 Å². The maximum atomic E-state index is 11.7. The number of para-hydroxylation sites is 1. The van der Waals surface area contributed by atoms with Gasteiger partial charge in [0.05, 0.1) is 22.5 Å². The summed E-state index contributed by atoms with van der Waals surface area (Å²) in [5.41, 5.74) is 1.20. The number of rotatable bonds is 3. The van der Waals surface area contributed by atoms with Crippen LogP contribution in [0.1, 0.15) is 0 Å². The van der Waals surface area contributed by atoms with E-state index in [1.165, 1.54) is 0 Å². The number of H-pyrrole nitrogens is 1. The molecule has 0 atom stereocenters. The molecule has 2 aromatic rings. The highest BCUT2D eigenvalue weighted by Gasteiger charge is 2.15. The molecule has 96 valence electrons. The predicted octanol–water partition coefficient (Wildman–Crippen LogP) is 2.85. The molecule has 0 aliphatic rings. The van der Waals surface area contributed by atoms with Crippen LogP contribution < -0.4 is 0 Å². The maximum Gasteiger partial charge on any atom is 0.178 e. The Bertz CT molecular complexity index is 787. The number of nitrogens with zero attached hydrogens (tertiary/aromatic N) is 1. The summed E-state index contributed by atoms with van der Waals surface area (Å²) in [4.78, 5) is 3.13. The third kappa shape index (κ3) is 2.36. The average molecular weight is 303 g/mol. The topological polar surface area (TPSA) is 54.9 Å². The highest BCUT2D eigenvalue weighted by Crippen LogP contribution is 2.23. The molecule has 0 unspecified atom stereocenters. The molecule has 2 rings (SSSR count). The van der Waals surface area contributed by atoms with E-state index in [1.807, 2.05) is 0 Å². The highest BCUT2D eigenvalue weighted by atomic mass is 35.5. The molecule has 0 radical (unpaired) electrons. The lowest BCUT2D eigenvalue weighted by Crippen LogP contribution is -1.99. The number of aromatic nitrogens is 2. The zero-order chi connectivity index (χ0) is 13.5. The van der Waals surface area contributed by atoms with Crippen molar-refractivity contribution in [2.45, 2.75) is 11.4 Å². The molecular weight excluding hydrogens is 292 g/mol. The fourth-order valence-corrected chi connectivity index (χ4v) is 3.03. The second-order valence-corrected chi connectivity index (χ2v) is 6.86. The van der Waals surface area contributed by atoms with Crippen LogP contribution in [0.5, 0.6) is 0 Å². The van der Waals surface area contributed by atoms with Crippen LogP contribution >= 0.6 is 23.8 Å². The summed E-state index contributed by atoms with van der Waals surface area (Å²) in [6.07, 6.45) is 1.16. The number of halogens is 1. The van der Waals surface area contributed by atoms with Gasteiger partial charge >= 0.3 is 0 Å². The fourth-order valence-electron chi connectivity index (χ4n) is 1.79. The van der Waals surface area contributed by atoms with Crippen LogP contribution in [0.2, 0.25) is 0 Å². The van der Waals surface area contributed by atoms with E-state index in [1.54, 1.807) is 22.8 Å². The van der Waals surface area contributed by atoms with Crippen molar-refractivity contribution in [2.24, 2.45) is 0 Å². The Morgan fingerprint density at radius 2 is 2.22 bits per heavy atom. The van der Waals surface area contributed by atoms with Crippen molar-refractivity contribution in [1.82, 2.24) is 9.55 Å². The molecule has 0 aliphatic carbocycles. The molecular formula is C11H11ClN2O2S2. The van der Waals surface area contributed by atoms with Gasteiger partial charge in [0, 0.05) is 11.3 Å². The number of fused-ring (bicyclic) bond motifs is 1. The number of nitrogens with one attached hydrogen (secondary N) is 1. The first kappa shape index (κ1) is 13.3. The van der Waals surface area contributed by atoms with Crippen molar-refractivity contribution in [2.75, 3.05) is 6.26 Å². The standard InChI is InChI=1S/C11H11ClN2O2S2/c1-7(12)6-14-8-4-3-5-9(18(2,15)16)10(8)13-11(14)17/h3-5H,1,6H2,2H3,(H,13,17). The summed E-state index contributed by atoms with van der Waals surface area (Å²) in [6, 6.07) is 5.01. The van der Waals surface area contributed by atoms with E-state index in [4.69, 9.17) is 23.8 Å². The number of benzene rings is 1. The van der Waals surface area contributed by atoms with Gasteiger partial charge in [-0.2, -0.15) is 0 Å². The van der Waals surface area contributed by atoms with Crippen molar-refractivity contribution in [3.05, 3.63) is 34.6 Å². The SMILES string of the molecule is C=C(Cl)Cn1c(=S)[nH]c2c(S(C)(=O)=O)cccc21. The second-order valence-electron chi connectivity index (χ2n) is 3.96. The first-order valence-electron chi connectivity index (χ1n) is 5.05. The second kappa shape index (κ2) is 4.53. The van der Waals surface area contributed by atoms with Gasteiger partial charge in [-0.3, -0.25) is 0 Å². The Kier molecular flexibility index (Phi) is 3.35. The zero-order valence-corrected chi connectivity index (χ0v) is 12.0. The van der Waals surface area contributed by atoms with Crippen molar-refractivity contribution in [3.8, 4) is 0 Å². The molecule has 0 saturated carbocycles. The Hall–Kier alpha value is -1.11. The monoisotopic (exact) mass is 302 g/mol. The zero-order valence-electron chi connectivity index (χ0n) is 9.60. The number of aromatic amines is 1. The summed E-state index contributed by atoms with van der Waals surface area (Å²) in [7, 11) is -3.31. The fraction of sp³-hybridized carbons (Fsp3) is 0.182. The summed E-state index contributed by atoms with van der Waals surface area (Å²) in [5.74, 6) is 0. The van der Waals surface area contributed by atoms with E-state index in [9.17, 15) is 8.42 Å². The molecule has 0 aliphatic heterocycles. The molecule has 0 bridgehead atoms. The minimum atomic E-state index is -3.31. The molecule has 1 heterocycles. The molecule has 18 heavy (non-hydrogen) atoms. The van der Waals surface area contributed by atoms with Gasteiger partial charge in [0.25, 0.3) is 0 Å². The number of allylic oxidation sites excluding steroid dienone is 1. The van der Waals surface area contributed by atoms with E-state index in [-0.39, 0.29) is 4.90 Å². The number of hydrogen-bond donors (Lipinski definition) is 1. The van der Waals surface area contributed by atoms with E-state index in [0.717, 1.165) is 6.26 Å². The largest absolute Gasteiger partial charge is 0.329 e. The van der Waals surface area contributed by atoms with Gasteiger partial charge in [-0.15, -0.1) is 0 Å². The molecule has 1 N–H and O–H groups in total. The maximum absolute atomic E-state index is 11.7. The van der Waals surface area contributed by atoms with Crippen LogP contribution in [0.25, 0.3) is 11.0 Å². The van der Waals surface area contributed by atoms with Gasteiger partial charge in [-0.05, 0) is 24.4 Å². The normalized spacial score (nSPS) is 11.9. The molecule has 1 aromatic carbocycles. The minimum Gasteiger partial charge on any atom is -0.329 e. The third-order valence-electron chi connectivity index (χ3n) is 2.50. The van der Waals surface area contributed by atoms with Crippen LogP contribution in [0.15, 0.2) is 34.7 Å². The Morgan fingerprint density at radius 3 is 2.78 bits per heavy atom. The quantitative estimate of drug-likeness (QED) is 0.887. The third-order valence-corrected chi connectivity index (χ3v) is 4.08. The Morgan fingerprint density at radius 1 is 1.56 bits per heavy atom. The lowest BCUT2D eigenvalue weighted by Gasteiger charge is -2.03. The van der Waals surface area contributed by atoms with E-state index < -0.39 is 9.84 Å². The highest BCUT2D eigenvalue weighted by molar-refractivity contribution is 7.91. The van der Waals surface area contributed by atoms with Crippen LogP contribution in [0.3, 0.4) is 0 Å².